The summed E-state index contributed by atoms with van der Waals surface area (Å²) in [6, 6.07) is 0.587. The van der Waals surface area contributed by atoms with Gasteiger partial charge in [0.1, 0.15) is 0 Å². The minimum absolute atomic E-state index is 0.587. The number of likely N-dealkylation sites (tertiary alicyclic amines) is 1. The van der Waals surface area contributed by atoms with Gasteiger partial charge in [0.05, 0.1) is 0 Å². The molecule has 0 aliphatic carbocycles. The van der Waals surface area contributed by atoms with Crippen LogP contribution < -0.4 is 5.32 Å². The van der Waals surface area contributed by atoms with Crippen LogP contribution in [0.25, 0.3) is 0 Å². The van der Waals surface area contributed by atoms with E-state index in [1.54, 1.807) is 0 Å². The quantitative estimate of drug-likeness (QED) is 0.760. The molecule has 108 valence electrons. The van der Waals surface area contributed by atoms with Gasteiger partial charge in [0.2, 0.25) is 5.89 Å². The third-order valence-corrected chi connectivity index (χ3v) is 3.90. The van der Waals surface area contributed by atoms with E-state index in [1.807, 2.05) is 7.05 Å². The van der Waals surface area contributed by atoms with Gasteiger partial charge in [0.15, 0.2) is 5.82 Å². The van der Waals surface area contributed by atoms with Crippen LogP contribution in [0.3, 0.4) is 0 Å². The normalized spacial score (nSPS) is 20.8. The molecule has 2 heterocycles. The molecule has 5 heteroatoms. The Morgan fingerprint density at radius 1 is 1.42 bits per heavy atom. The fraction of sp³-hybridized carbons (Fsp3) is 0.857. The van der Waals surface area contributed by atoms with Crippen molar-refractivity contribution in [2.75, 3.05) is 26.7 Å². The molecule has 0 amide bonds. The highest BCUT2D eigenvalue weighted by molar-refractivity contribution is 4.91. The number of aryl methyl sites for hydroxylation is 1. The van der Waals surface area contributed by atoms with Crippen LogP contribution in [0.5, 0.6) is 0 Å². The molecule has 2 rings (SSSR count). The lowest BCUT2D eigenvalue weighted by Gasteiger charge is -2.33. The highest BCUT2D eigenvalue weighted by Gasteiger charge is 2.23. The van der Waals surface area contributed by atoms with Crippen molar-refractivity contribution in [3.8, 4) is 0 Å². The Bertz CT molecular complexity index is 366. The number of hydrogen-bond donors (Lipinski definition) is 1. The van der Waals surface area contributed by atoms with Gasteiger partial charge in [-0.1, -0.05) is 18.5 Å². The van der Waals surface area contributed by atoms with Crippen molar-refractivity contribution >= 4 is 0 Å². The van der Waals surface area contributed by atoms with Crippen LogP contribution in [0, 0.1) is 0 Å². The number of nitrogens with zero attached hydrogens (tertiary/aromatic N) is 3. The number of hydrogen-bond acceptors (Lipinski definition) is 5. The molecule has 0 spiro atoms. The first kappa shape index (κ1) is 14.5. The van der Waals surface area contributed by atoms with E-state index in [9.17, 15) is 0 Å². The van der Waals surface area contributed by atoms with E-state index in [2.05, 4.69) is 27.3 Å². The van der Waals surface area contributed by atoms with E-state index in [0.29, 0.717) is 6.04 Å². The molecule has 0 aromatic carbocycles. The Hall–Kier alpha value is -0.940. The summed E-state index contributed by atoms with van der Waals surface area (Å²) < 4.78 is 5.38. The lowest BCUT2D eigenvalue weighted by Crippen LogP contribution is -2.40. The largest absolute Gasteiger partial charge is 0.339 e. The van der Waals surface area contributed by atoms with Crippen molar-refractivity contribution in [3.63, 3.8) is 0 Å². The van der Waals surface area contributed by atoms with Gasteiger partial charge < -0.3 is 14.7 Å². The van der Waals surface area contributed by atoms with Crippen LogP contribution >= 0.6 is 0 Å². The number of nitrogens with one attached hydrogen (secondary N) is 1. The van der Waals surface area contributed by atoms with Crippen molar-refractivity contribution in [2.45, 2.75) is 51.5 Å². The molecule has 1 saturated heterocycles. The summed E-state index contributed by atoms with van der Waals surface area (Å²) in [6.07, 6.45) is 6.76. The zero-order chi connectivity index (χ0) is 13.5. The van der Waals surface area contributed by atoms with E-state index >= 15 is 0 Å². The van der Waals surface area contributed by atoms with Crippen molar-refractivity contribution in [1.29, 1.82) is 0 Å². The van der Waals surface area contributed by atoms with Gasteiger partial charge in [-0.15, -0.1) is 0 Å². The second kappa shape index (κ2) is 7.60. The lowest BCUT2D eigenvalue weighted by molar-refractivity contribution is 0.146. The van der Waals surface area contributed by atoms with Crippen LogP contribution in [-0.2, 0) is 12.8 Å². The van der Waals surface area contributed by atoms with Crippen molar-refractivity contribution in [3.05, 3.63) is 11.7 Å². The Morgan fingerprint density at radius 3 is 3.11 bits per heavy atom. The molecule has 1 atom stereocenters. The van der Waals surface area contributed by atoms with Gasteiger partial charge in [-0.3, -0.25) is 0 Å². The summed E-state index contributed by atoms with van der Waals surface area (Å²) in [7, 11) is 1.96. The third-order valence-electron chi connectivity index (χ3n) is 3.90. The van der Waals surface area contributed by atoms with E-state index in [-0.39, 0.29) is 0 Å². The van der Waals surface area contributed by atoms with Gasteiger partial charge in [-0.25, -0.2) is 0 Å². The van der Waals surface area contributed by atoms with Crippen molar-refractivity contribution < 1.29 is 4.52 Å². The molecule has 0 bridgehead atoms. The molecule has 1 aromatic heterocycles. The number of aromatic nitrogens is 2. The minimum atomic E-state index is 0.587. The van der Waals surface area contributed by atoms with Crippen molar-refractivity contribution in [2.24, 2.45) is 0 Å². The molecule has 0 radical (unpaired) electrons. The molecule has 1 fully saturated rings. The van der Waals surface area contributed by atoms with Crippen LogP contribution in [0.4, 0.5) is 0 Å². The first-order valence-corrected chi connectivity index (χ1v) is 7.53. The van der Waals surface area contributed by atoms with E-state index in [0.717, 1.165) is 44.1 Å². The Morgan fingerprint density at radius 2 is 2.32 bits per heavy atom. The third kappa shape index (κ3) is 4.28. The highest BCUT2D eigenvalue weighted by atomic mass is 16.5. The lowest BCUT2D eigenvalue weighted by atomic mass is 9.99. The standard InChI is InChI=1S/C14H26N4O/c1-3-18-10-5-4-7-12(18)11-14-16-13(17-19-14)8-6-9-15-2/h12,15H,3-11H2,1-2H3. The maximum Gasteiger partial charge on any atom is 0.228 e. The van der Waals surface area contributed by atoms with Crippen molar-refractivity contribution in [1.82, 2.24) is 20.4 Å². The van der Waals surface area contributed by atoms with Crippen LogP contribution in [-0.4, -0.2) is 47.8 Å². The van der Waals surface area contributed by atoms with Gasteiger partial charge in [-0.2, -0.15) is 4.98 Å². The zero-order valence-corrected chi connectivity index (χ0v) is 12.2. The van der Waals surface area contributed by atoms with E-state index < -0.39 is 0 Å². The molecule has 19 heavy (non-hydrogen) atoms. The van der Waals surface area contributed by atoms with Crippen LogP contribution in [0.15, 0.2) is 4.52 Å². The number of rotatable bonds is 7. The molecule has 1 N–H and O–H groups in total. The summed E-state index contributed by atoms with van der Waals surface area (Å²) in [6.45, 7) is 5.56. The fourth-order valence-electron chi connectivity index (χ4n) is 2.81. The van der Waals surface area contributed by atoms with E-state index in [1.165, 1.54) is 25.8 Å². The molecule has 0 saturated carbocycles. The van der Waals surface area contributed by atoms with Gasteiger partial charge in [0, 0.05) is 18.9 Å². The fourth-order valence-corrected chi connectivity index (χ4v) is 2.81. The Kier molecular flexibility index (Phi) is 5.79. The summed E-state index contributed by atoms with van der Waals surface area (Å²) in [5.41, 5.74) is 0. The number of likely N-dealkylation sites (N-methyl/N-ethyl adjacent to an activating group) is 1. The summed E-state index contributed by atoms with van der Waals surface area (Å²) >= 11 is 0. The topological polar surface area (TPSA) is 54.2 Å². The number of piperidine rings is 1. The first-order valence-electron chi connectivity index (χ1n) is 7.53. The molecule has 5 nitrogen and oxygen atoms in total. The SMILES string of the molecule is CCN1CCCCC1Cc1nc(CCCNC)no1. The Labute approximate surface area is 115 Å². The molecule has 1 unspecified atom stereocenters. The van der Waals surface area contributed by atoms with Gasteiger partial charge in [-0.05, 0) is 45.9 Å². The maximum absolute atomic E-state index is 5.38. The second-order valence-corrected chi connectivity index (χ2v) is 5.29. The average molecular weight is 266 g/mol. The van der Waals surface area contributed by atoms with Crippen LogP contribution in [0.2, 0.25) is 0 Å². The average Bonchev–Trinajstić information content (AvgIpc) is 2.87. The monoisotopic (exact) mass is 266 g/mol. The summed E-state index contributed by atoms with van der Waals surface area (Å²) in [4.78, 5) is 7.05. The van der Waals surface area contributed by atoms with Gasteiger partial charge >= 0.3 is 0 Å². The summed E-state index contributed by atoms with van der Waals surface area (Å²) in [5, 5.41) is 7.20. The predicted molar refractivity (Wildman–Crippen MR) is 75.1 cm³/mol. The predicted octanol–water partition coefficient (Wildman–Crippen LogP) is 1.64. The highest BCUT2D eigenvalue weighted by Crippen LogP contribution is 2.19. The molecule has 1 aliphatic heterocycles. The van der Waals surface area contributed by atoms with Crippen LogP contribution in [0.1, 0.15) is 44.3 Å². The minimum Gasteiger partial charge on any atom is -0.339 e. The molecule has 1 aromatic rings. The molecular weight excluding hydrogens is 240 g/mol. The smallest absolute Gasteiger partial charge is 0.228 e. The van der Waals surface area contributed by atoms with Gasteiger partial charge in [0.25, 0.3) is 0 Å². The zero-order valence-electron chi connectivity index (χ0n) is 12.2. The van der Waals surface area contributed by atoms with E-state index in [4.69, 9.17) is 4.52 Å². The molecular formula is C14H26N4O. The Balaban J connectivity index is 1.84. The maximum atomic E-state index is 5.38. The summed E-state index contributed by atoms with van der Waals surface area (Å²) in [5.74, 6) is 1.66. The first-order chi connectivity index (χ1) is 9.33. The second-order valence-electron chi connectivity index (χ2n) is 5.29. The molecule has 1 aliphatic rings.